The van der Waals surface area contributed by atoms with Crippen LogP contribution < -0.4 is 5.56 Å². The Bertz CT molecular complexity index is 1060. The number of hydrogen-bond acceptors (Lipinski definition) is 6. The fraction of sp³-hybridized carbons (Fsp3) is 0.615. The van der Waals surface area contributed by atoms with Crippen LogP contribution >= 0.6 is 24.8 Å². The Labute approximate surface area is 219 Å². The van der Waals surface area contributed by atoms with Crippen LogP contribution in [0.3, 0.4) is 0 Å². The zero-order chi connectivity index (χ0) is 22.9. The molecule has 1 N–H and O–H groups in total. The molecular weight excluding hydrogens is 489 g/mol. The van der Waals surface area contributed by atoms with Gasteiger partial charge in [-0.05, 0) is 47.9 Å². The first-order valence-electron chi connectivity index (χ1n) is 12.4. The molecule has 3 fully saturated rings. The Morgan fingerprint density at radius 2 is 1.77 bits per heavy atom. The number of nitrogens with one attached hydrogen (secondary N) is 1. The molecule has 0 saturated carbocycles. The Morgan fingerprint density at radius 3 is 2.43 bits per heavy atom. The van der Waals surface area contributed by atoms with Gasteiger partial charge in [-0.1, -0.05) is 19.9 Å². The number of esters is 1. The number of ether oxygens (including phenoxy) is 2. The minimum Gasteiger partial charge on any atom is -0.459 e. The maximum atomic E-state index is 13.0. The first-order chi connectivity index (χ1) is 16.0. The molecule has 0 aliphatic carbocycles. The van der Waals surface area contributed by atoms with Crippen molar-refractivity contribution in [1.82, 2.24) is 14.8 Å². The quantitative estimate of drug-likeness (QED) is 0.575. The summed E-state index contributed by atoms with van der Waals surface area (Å²) in [7, 11) is 0. The number of halogens is 2. The van der Waals surface area contributed by atoms with Gasteiger partial charge in [0.05, 0.1) is 13.2 Å². The van der Waals surface area contributed by atoms with Crippen molar-refractivity contribution >= 4 is 41.7 Å². The number of aromatic nitrogens is 1. The van der Waals surface area contributed by atoms with Gasteiger partial charge in [-0.25, -0.2) is 4.79 Å². The summed E-state index contributed by atoms with van der Waals surface area (Å²) in [6.45, 7) is 10.1. The second-order valence-corrected chi connectivity index (χ2v) is 10.1. The number of piperidine rings is 1. The number of hydrogen-bond donors (Lipinski definition) is 1. The summed E-state index contributed by atoms with van der Waals surface area (Å²) >= 11 is 0. The number of rotatable bonds is 6. The lowest BCUT2D eigenvalue weighted by atomic mass is 9.99. The molecule has 7 nitrogen and oxygen atoms in total. The number of nitrogens with zero attached hydrogens (tertiary/aromatic N) is 2. The van der Waals surface area contributed by atoms with Crippen molar-refractivity contribution in [2.45, 2.75) is 63.6 Å². The number of fused-ring (bicyclic) bond motifs is 3. The van der Waals surface area contributed by atoms with Crippen LogP contribution in [0.1, 0.15) is 61.4 Å². The molecule has 2 aromatic rings. The van der Waals surface area contributed by atoms with Gasteiger partial charge >= 0.3 is 5.97 Å². The number of H-pyrrole nitrogens is 1. The molecule has 1 aromatic heterocycles. The normalized spacial score (nSPS) is 24.7. The molecule has 0 spiro atoms. The van der Waals surface area contributed by atoms with E-state index in [2.05, 4.69) is 28.6 Å². The average Bonchev–Trinajstić information content (AvgIpc) is 3.05. The largest absolute Gasteiger partial charge is 0.459 e. The molecular formula is C26H37Cl2N3O4. The summed E-state index contributed by atoms with van der Waals surface area (Å²) in [5.41, 5.74) is 1.64. The van der Waals surface area contributed by atoms with Crippen molar-refractivity contribution in [2.75, 3.05) is 39.4 Å². The third-order valence-corrected chi connectivity index (χ3v) is 7.65. The van der Waals surface area contributed by atoms with Crippen LogP contribution in [-0.2, 0) is 9.47 Å². The van der Waals surface area contributed by atoms with Crippen molar-refractivity contribution in [1.29, 1.82) is 0 Å². The average molecular weight is 527 g/mol. The zero-order valence-electron chi connectivity index (χ0n) is 20.5. The van der Waals surface area contributed by atoms with E-state index in [1.54, 1.807) is 6.07 Å². The maximum absolute atomic E-state index is 13.0. The standard InChI is InChI=1S/C26H35N3O4.2ClH/c1-17(2)18-3-6-24-19(13-18)14-23(25(30)27-24)26(31)33-22-15-20-4-5-21(16-22)29(20)8-7-28-9-11-32-12-10-28;;/h3,6,13-14,17,20-22H,4-5,7-12,15-16H2,1-2H3,(H,27,30);2*1H. The van der Waals surface area contributed by atoms with Crippen molar-refractivity contribution in [3.63, 3.8) is 0 Å². The summed E-state index contributed by atoms with van der Waals surface area (Å²) in [6.07, 6.45) is 3.92. The molecule has 3 aliphatic heterocycles. The summed E-state index contributed by atoms with van der Waals surface area (Å²) in [4.78, 5) is 33.5. The molecule has 9 heteroatoms. The van der Waals surface area contributed by atoms with Gasteiger partial charge in [0, 0.05) is 56.6 Å². The maximum Gasteiger partial charge on any atom is 0.344 e. The van der Waals surface area contributed by atoms with Crippen LogP contribution in [0.15, 0.2) is 29.1 Å². The molecule has 0 amide bonds. The molecule has 2 atom stereocenters. The molecule has 2 bridgehead atoms. The smallest absolute Gasteiger partial charge is 0.344 e. The van der Waals surface area contributed by atoms with E-state index < -0.39 is 5.97 Å². The molecule has 35 heavy (non-hydrogen) atoms. The van der Waals surface area contributed by atoms with E-state index in [9.17, 15) is 9.59 Å². The van der Waals surface area contributed by atoms with Crippen molar-refractivity contribution in [2.24, 2.45) is 0 Å². The number of pyridine rings is 1. The van der Waals surface area contributed by atoms with E-state index in [1.165, 1.54) is 5.56 Å². The first kappa shape index (κ1) is 27.9. The third kappa shape index (κ3) is 6.20. The van der Waals surface area contributed by atoms with Gasteiger partial charge in [-0.2, -0.15) is 0 Å². The van der Waals surface area contributed by atoms with E-state index in [-0.39, 0.29) is 42.0 Å². The van der Waals surface area contributed by atoms with E-state index in [0.717, 1.165) is 76.0 Å². The molecule has 0 radical (unpaired) electrons. The van der Waals surface area contributed by atoms with E-state index in [4.69, 9.17) is 9.47 Å². The Balaban J connectivity index is 0.00000171. The fourth-order valence-electron chi connectivity index (χ4n) is 5.72. The van der Waals surface area contributed by atoms with Crippen LogP contribution in [0.5, 0.6) is 0 Å². The predicted molar refractivity (Wildman–Crippen MR) is 142 cm³/mol. The van der Waals surface area contributed by atoms with Crippen molar-refractivity contribution in [3.8, 4) is 0 Å². The van der Waals surface area contributed by atoms with E-state index in [0.29, 0.717) is 18.0 Å². The van der Waals surface area contributed by atoms with Gasteiger partial charge in [0.1, 0.15) is 11.7 Å². The molecule has 2 unspecified atom stereocenters. The monoisotopic (exact) mass is 525 g/mol. The van der Waals surface area contributed by atoms with Crippen LogP contribution in [-0.4, -0.2) is 78.3 Å². The van der Waals surface area contributed by atoms with Gasteiger partial charge in [-0.15, -0.1) is 24.8 Å². The lowest BCUT2D eigenvalue weighted by Crippen LogP contribution is -2.49. The molecule has 3 saturated heterocycles. The predicted octanol–water partition coefficient (Wildman–Crippen LogP) is 3.98. The second kappa shape index (κ2) is 12.1. The van der Waals surface area contributed by atoms with Crippen LogP contribution in [0, 0.1) is 0 Å². The molecule has 3 aliphatic rings. The first-order valence-corrected chi connectivity index (χ1v) is 12.4. The molecule has 1 aromatic carbocycles. The second-order valence-electron chi connectivity index (χ2n) is 10.1. The van der Waals surface area contributed by atoms with Crippen LogP contribution in [0.25, 0.3) is 10.9 Å². The lowest BCUT2D eigenvalue weighted by Gasteiger charge is -2.39. The summed E-state index contributed by atoms with van der Waals surface area (Å²) in [6, 6.07) is 8.58. The number of morpholine rings is 1. The van der Waals surface area contributed by atoms with Crippen molar-refractivity contribution < 1.29 is 14.3 Å². The minimum atomic E-state index is -0.501. The number of aromatic amines is 1. The lowest BCUT2D eigenvalue weighted by molar-refractivity contribution is -0.0122. The van der Waals surface area contributed by atoms with E-state index >= 15 is 0 Å². The van der Waals surface area contributed by atoms with Crippen LogP contribution in [0.4, 0.5) is 0 Å². The minimum absolute atomic E-state index is 0. The van der Waals surface area contributed by atoms with Gasteiger partial charge < -0.3 is 14.5 Å². The summed E-state index contributed by atoms with van der Waals surface area (Å²) in [5.74, 6) is -0.125. The molecule has 5 rings (SSSR count). The Kier molecular flexibility index (Phi) is 9.63. The summed E-state index contributed by atoms with van der Waals surface area (Å²) in [5, 5.41) is 0.866. The highest BCUT2D eigenvalue weighted by atomic mass is 35.5. The van der Waals surface area contributed by atoms with Gasteiger partial charge in [-0.3, -0.25) is 14.6 Å². The number of carbonyl (C=O) groups is 1. The summed E-state index contributed by atoms with van der Waals surface area (Å²) < 4.78 is 11.3. The number of benzene rings is 1. The fourth-order valence-corrected chi connectivity index (χ4v) is 5.72. The van der Waals surface area contributed by atoms with E-state index in [1.807, 2.05) is 18.2 Å². The van der Waals surface area contributed by atoms with Gasteiger partial charge in [0.15, 0.2) is 0 Å². The highest BCUT2D eigenvalue weighted by Gasteiger charge is 2.42. The Hall–Kier alpha value is -1.64. The highest BCUT2D eigenvalue weighted by molar-refractivity contribution is 5.93. The van der Waals surface area contributed by atoms with Gasteiger partial charge in [0.2, 0.25) is 0 Å². The zero-order valence-corrected chi connectivity index (χ0v) is 22.2. The molecule has 194 valence electrons. The highest BCUT2D eigenvalue weighted by Crippen LogP contribution is 2.37. The Morgan fingerprint density at radius 1 is 1.09 bits per heavy atom. The third-order valence-electron chi connectivity index (χ3n) is 7.65. The number of carbonyl (C=O) groups excluding carboxylic acids is 1. The topological polar surface area (TPSA) is 74.9 Å². The van der Waals surface area contributed by atoms with Gasteiger partial charge in [0.25, 0.3) is 5.56 Å². The molecule has 4 heterocycles. The SMILES string of the molecule is CC(C)c1ccc2[nH]c(=O)c(C(=O)OC3CC4CCC(C3)N4CCN3CCOCC3)cc2c1.Cl.Cl. The van der Waals surface area contributed by atoms with Crippen molar-refractivity contribution in [3.05, 3.63) is 45.7 Å². The van der Waals surface area contributed by atoms with Crippen LogP contribution in [0.2, 0.25) is 0 Å².